The van der Waals surface area contributed by atoms with Gasteiger partial charge >= 0.3 is 0 Å². The molecule has 0 spiro atoms. The second-order valence-corrected chi connectivity index (χ2v) is 8.83. The number of fused-ring (bicyclic) bond motifs is 2. The van der Waals surface area contributed by atoms with E-state index in [1.54, 1.807) is 6.92 Å². The van der Waals surface area contributed by atoms with Crippen LogP contribution in [0.25, 0.3) is 22.0 Å². The summed E-state index contributed by atoms with van der Waals surface area (Å²) in [6, 6.07) is 13.3. The number of hydrogen-bond donors (Lipinski definition) is 1. The molecule has 0 saturated carbocycles. The van der Waals surface area contributed by atoms with Crippen molar-refractivity contribution in [1.29, 1.82) is 0 Å². The van der Waals surface area contributed by atoms with E-state index in [4.69, 9.17) is 0 Å². The summed E-state index contributed by atoms with van der Waals surface area (Å²) in [4.78, 5) is 43.9. The minimum atomic E-state index is -0.876. The number of carbonyl (C=O) groups is 3. The summed E-state index contributed by atoms with van der Waals surface area (Å²) >= 11 is 1.32. The Morgan fingerprint density at radius 3 is 2.45 bits per heavy atom. The molecule has 3 amide bonds. The highest BCUT2D eigenvalue weighted by Crippen LogP contribution is 2.36. The minimum absolute atomic E-state index is 0.252. The van der Waals surface area contributed by atoms with Crippen LogP contribution in [0.1, 0.15) is 19.8 Å². The van der Waals surface area contributed by atoms with Crippen LogP contribution in [0, 0.1) is 11.8 Å². The third-order valence-corrected chi connectivity index (χ3v) is 6.85. The predicted octanol–water partition coefficient (Wildman–Crippen LogP) is 4.24. The zero-order valence-corrected chi connectivity index (χ0v) is 17.8. The molecule has 6 nitrogen and oxygen atoms in total. The van der Waals surface area contributed by atoms with Gasteiger partial charge in [-0.1, -0.05) is 48.6 Å². The van der Waals surface area contributed by atoms with Gasteiger partial charge in [-0.15, -0.1) is 11.3 Å². The van der Waals surface area contributed by atoms with Crippen LogP contribution >= 0.6 is 11.3 Å². The zero-order chi connectivity index (χ0) is 21.5. The van der Waals surface area contributed by atoms with Crippen molar-refractivity contribution in [2.45, 2.75) is 25.8 Å². The standard InChI is InChI=1S/C24H21N3O3S/c1-14(27-22(29)18-8-4-5-9-19(18)23(27)30)21(28)26-24-25-20(13-31-24)17-11-10-15-6-2-3-7-16(15)12-17/h2-7,10-14,18-19H,8-9H2,1H3,(H,25,26,28)/t14-,18?,19?/m0/s1. The monoisotopic (exact) mass is 431 g/mol. The van der Waals surface area contributed by atoms with E-state index in [1.165, 1.54) is 11.3 Å². The molecule has 1 N–H and O–H groups in total. The summed E-state index contributed by atoms with van der Waals surface area (Å²) in [5.41, 5.74) is 1.73. The number of anilines is 1. The van der Waals surface area contributed by atoms with Gasteiger partial charge < -0.3 is 5.32 Å². The van der Waals surface area contributed by atoms with E-state index in [9.17, 15) is 14.4 Å². The van der Waals surface area contributed by atoms with Gasteiger partial charge in [0.05, 0.1) is 17.5 Å². The molecule has 0 bridgehead atoms. The first-order valence-electron chi connectivity index (χ1n) is 10.3. The number of hydrogen-bond acceptors (Lipinski definition) is 5. The Labute approximate surface area is 183 Å². The molecule has 156 valence electrons. The quantitative estimate of drug-likeness (QED) is 0.495. The fourth-order valence-electron chi connectivity index (χ4n) is 4.35. The Kier molecular flexibility index (Phi) is 4.90. The molecule has 2 aliphatic rings. The van der Waals surface area contributed by atoms with Crippen LogP contribution < -0.4 is 5.32 Å². The van der Waals surface area contributed by atoms with Crippen molar-refractivity contribution in [3.05, 3.63) is 60.0 Å². The van der Waals surface area contributed by atoms with Crippen molar-refractivity contribution in [3.8, 4) is 11.3 Å². The molecule has 1 aliphatic heterocycles. The van der Waals surface area contributed by atoms with Crippen molar-refractivity contribution in [2.75, 3.05) is 5.32 Å². The van der Waals surface area contributed by atoms with Crippen molar-refractivity contribution >= 4 is 45.0 Å². The summed E-state index contributed by atoms with van der Waals surface area (Å²) in [6.07, 6.45) is 4.98. The van der Waals surface area contributed by atoms with Gasteiger partial charge in [0.25, 0.3) is 0 Å². The molecule has 2 aromatic carbocycles. The molecule has 1 aliphatic carbocycles. The summed E-state index contributed by atoms with van der Waals surface area (Å²) in [5, 5.41) is 7.38. The fraction of sp³-hybridized carbons (Fsp3) is 0.250. The number of rotatable bonds is 4. The third-order valence-electron chi connectivity index (χ3n) is 6.09. The van der Waals surface area contributed by atoms with E-state index in [0.717, 1.165) is 26.9 Å². The SMILES string of the molecule is C[C@@H](C(=O)Nc1nc(-c2ccc3ccccc3c2)cs1)N1C(=O)C2CC=CCC2C1=O. The number of nitrogens with one attached hydrogen (secondary N) is 1. The first-order valence-corrected chi connectivity index (χ1v) is 11.2. The van der Waals surface area contributed by atoms with Gasteiger partial charge in [0.2, 0.25) is 17.7 Å². The Morgan fingerprint density at radius 1 is 1.06 bits per heavy atom. The molecule has 1 fully saturated rings. The predicted molar refractivity (Wildman–Crippen MR) is 120 cm³/mol. The topological polar surface area (TPSA) is 79.4 Å². The third kappa shape index (κ3) is 3.45. The van der Waals surface area contributed by atoms with E-state index in [0.29, 0.717) is 18.0 Å². The zero-order valence-electron chi connectivity index (χ0n) is 16.9. The number of carbonyl (C=O) groups excluding carboxylic acids is 3. The summed E-state index contributed by atoms with van der Waals surface area (Å²) in [5.74, 6) is -1.59. The van der Waals surface area contributed by atoms with Gasteiger partial charge in [0, 0.05) is 10.9 Å². The summed E-state index contributed by atoms with van der Waals surface area (Å²) in [6.45, 7) is 1.59. The highest BCUT2D eigenvalue weighted by Gasteiger charge is 2.50. The molecule has 5 rings (SSSR count). The average molecular weight is 432 g/mol. The van der Waals surface area contributed by atoms with Gasteiger partial charge in [-0.05, 0) is 36.6 Å². The van der Waals surface area contributed by atoms with Gasteiger partial charge in [-0.2, -0.15) is 0 Å². The Hall–Kier alpha value is -3.32. The number of benzene rings is 2. The van der Waals surface area contributed by atoms with Crippen LogP contribution in [0.2, 0.25) is 0 Å². The van der Waals surface area contributed by atoms with E-state index in [2.05, 4.69) is 22.4 Å². The van der Waals surface area contributed by atoms with Gasteiger partial charge in [0.15, 0.2) is 5.13 Å². The molecule has 3 aromatic rings. The van der Waals surface area contributed by atoms with Crippen molar-refractivity contribution in [1.82, 2.24) is 9.88 Å². The fourth-order valence-corrected chi connectivity index (χ4v) is 5.07. The molecular formula is C24H21N3O3S. The molecule has 7 heteroatoms. The minimum Gasteiger partial charge on any atom is -0.300 e. The Balaban J connectivity index is 1.31. The molecule has 2 heterocycles. The van der Waals surface area contributed by atoms with Crippen molar-refractivity contribution < 1.29 is 14.4 Å². The number of nitrogens with zero attached hydrogens (tertiary/aromatic N) is 2. The maximum absolute atomic E-state index is 12.8. The molecule has 1 aromatic heterocycles. The number of allylic oxidation sites excluding steroid dienone is 2. The number of aromatic nitrogens is 1. The van der Waals surface area contributed by atoms with E-state index in [1.807, 2.05) is 47.9 Å². The average Bonchev–Trinajstić information content (AvgIpc) is 3.36. The van der Waals surface area contributed by atoms with Crippen LogP contribution in [0.5, 0.6) is 0 Å². The number of amides is 3. The summed E-state index contributed by atoms with van der Waals surface area (Å²) < 4.78 is 0. The second-order valence-electron chi connectivity index (χ2n) is 7.97. The summed E-state index contributed by atoms with van der Waals surface area (Å²) in [7, 11) is 0. The second kappa shape index (κ2) is 7.74. The highest BCUT2D eigenvalue weighted by atomic mass is 32.1. The molecule has 2 unspecified atom stereocenters. The van der Waals surface area contributed by atoms with Gasteiger partial charge in [0.1, 0.15) is 6.04 Å². The van der Waals surface area contributed by atoms with E-state index < -0.39 is 11.9 Å². The molecule has 1 saturated heterocycles. The molecule has 0 radical (unpaired) electrons. The Bertz CT molecular complexity index is 1210. The van der Waals surface area contributed by atoms with Crippen LogP contribution in [-0.4, -0.2) is 33.6 Å². The first kappa shape index (κ1) is 19.6. The normalized spacial score (nSPS) is 21.4. The Morgan fingerprint density at radius 2 is 1.74 bits per heavy atom. The van der Waals surface area contributed by atoms with Crippen LogP contribution in [0.4, 0.5) is 5.13 Å². The number of likely N-dealkylation sites (tertiary alicyclic amines) is 1. The number of thiazole rings is 1. The van der Waals surface area contributed by atoms with Gasteiger partial charge in [-0.3, -0.25) is 19.3 Å². The maximum atomic E-state index is 12.8. The first-order chi connectivity index (χ1) is 15.0. The molecular weight excluding hydrogens is 410 g/mol. The largest absolute Gasteiger partial charge is 0.300 e. The van der Waals surface area contributed by atoms with Crippen LogP contribution in [-0.2, 0) is 14.4 Å². The smallest absolute Gasteiger partial charge is 0.249 e. The highest BCUT2D eigenvalue weighted by molar-refractivity contribution is 7.14. The van der Waals surface area contributed by atoms with Crippen molar-refractivity contribution in [2.24, 2.45) is 11.8 Å². The van der Waals surface area contributed by atoms with E-state index >= 15 is 0 Å². The number of imide groups is 1. The lowest BCUT2D eigenvalue weighted by Crippen LogP contribution is -2.46. The van der Waals surface area contributed by atoms with Crippen molar-refractivity contribution in [3.63, 3.8) is 0 Å². The van der Waals surface area contributed by atoms with E-state index in [-0.39, 0.29) is 23.7 Å². The molecule has 3 atom stereocenters. The van der Waals surface area contributed by atoms with Crippen LogP contribution in [0.15, 0.2) is 60.0 Å². The van der Waals surface area contributed by atoms with Crippen LogP contribution in [0.3, 0.4) is 0 Å². The lowest BCUT2D eigenvalue weighted by atomic mass is 9.85. The maximum Gasteiger partial charge on any atom is 0.249 e. The molecule has 31 heavy (non-hydrogen) atoms. The lowest BCUT2D eigenvalue weighted by molar-refractivity contribution is -0.146. The lowest BCUT2D eigenvalue weighted by Gasteiger charge is -2.21. The van der Waals surface area contributed by atoms with Gasteiger partial charge in [-0.25, -0.2) is 4.98 Å².